The van der Waals surface area contributed by atoms with E-state index in [9.17, 15) is 9.59 Å². The van der Waals surface area contributed by atoms with Crippen molar-refractivity contribution in [2.24, 2.45) is 10.4 Å². The lowest BCUT2D eigenvalue weighted by Gasteiger charge is -2.47. The highest BCUT2D eigenvalue weighted by atomic mass is 79.9. The van der Waals surface area contributed by atoms with Crippen molar-refractivity contribution in [3.8, 4) is 0 Å². The molecule has 2 heterocycles. The SMILES string of the molecule is CCOC(=O)[C@H](Cc1ccc(Nc2nccc3ccncc23)cc1)N=C1C(Br)C(=O)C12CCCCC2. The number of alkyl halides is 1. The summed E-state index contributed by atoms with van der Waals surface area (Å²) in [5.41, 5.74) is 2.17. The van der Waals surface area contributed by atoms with Crippen molar-refractivity contribution in [2.75, 3.05) is 11.9 Å². The molecule has 0 aliphatic heterocycles. The minimum Gasteiger partial charge on any atom is -0.464 e. The highest BCUT2D eigenvalue weighted by molar-refractivity contribution is 9.10. The normalized spacial score (nSPS) is 20.8. The lowest BCUT2D eigenvalue weighted by molar-refractivity contribution is -0.144. The van der Waals surface area contributed by atoms with Crippen LogP contribution in [0.4, 0.5) is 11.5 Å². The van der Waals surface area contributed by atoms with Crippen molar-refractivity contribution < 1.29 is 14.3 Å². The Labute approximate surface area is 218 Å². The van der Waals surface area contributed by atoms with Gasteiger partial charge in [0.05, 0.1) is 12.0 Å². The van der Waals surface area contributed by atoms with E-state index in [2.05, 4.69) is 31.2 Å². The summed E-state index contributed by atoms with van der Waals surface area (Å²) in [5.74, 6) is 0.584. The Morgan fingerprint density at radius 1 is 1.17 bits per heavy atom. The molecule has 2 aromatic heterocycles. The Hall–Kier alpha value is -3.13. The van der Waals surface area contributed by atoms with Gasteiger partial charge in [-0.1, -0.05) is 47.3 Å². The molecule has 1 aromatic carbocycles. The topological polar surface area (TPSA) is 93.5 Å². The van der Waals surface area contributed by atoms with E-state index >= 15 is 0 Å². The molecular weight excluding hydrogens is 520 g/mol. The molecule has 8 heteroatoms. The predicted molar refractivity (Wildman–Crippen MR) is 144 cm³/mol. The average Bonchev–Trinajstić information content (AvgIpc) is 2.92. The van der Waals surface area contributed by atoms with E-state index in [4.69, 9.17) is 9.73 Å². The second kappa shape index (κ2) is 10.5. The van der Waals surface area contributed by atoms with E-state index < -0.39 is 16.3 Å². The fraction of sp³-hybridized carbons (Fsp3) is 0.393. The van der Waals surface area contributed by atoms with E-state index in [0.717, 1.165) is 65.7 Å². The number of carbonyl (C=O) groups is 2. The Morgan fingerprint density at radius 2 is 1.92 bits per heavy atom. The van der Waals surface area contributed by atoms with Crippen LogP contribution >= 0.6 is 15.9 Å². The molecule has 2 aliphatic rings. The van der Waals surface area contributed by atoms with Gasteiger partial charge in [-0.15, -0.1) is 0 Å². The molecule has 1 unspecified atom stereocenters. The fourth-order valence-electron chi connectivity index (χ4n) is 5.29. The summed E-state index contributed by atoms with van der Waals surface area (Å²) in [6.45, 7) is 2.08. The largest absolute Gasteiger partial charge is 0.464 e. The van der Waals surface area contributed by atoms with E-state index in [1.807, 2.05) is 36.4 Å². The van der Waals surface area contributed by atoms with Crippen molar-refractivity contribution in [2.45, 2.75) is 56.3 Å². The zero-order chi connectivity index (χ0) is 25.1. The smallest absolute Gasteiger partial charge is 0.331 e. The number of ether oxygens (including phenoxy) is 1. The first-order valence-corrected chi connectivity index (χ1v) is 13.4. The van der Waals surface area contributed by atoms with Crippen LogP contribution in [0.2, 0.25) is 0 Å². The highest BCUT2D eigenvalue weighted by Crippen LogP contribution is 2.49. The number of esters is 1. The third-order valence-corrected chi connectivity index (χ3v) is 8.06. The maximum absolute atomic E-state index is 12.9. The lowest BCUT2D eigenvalue weighted by atomic mass is 9.58. The van der Waals surface area contributed by atoms with E-state index in [1.54, 1.807) is 25.5 Å². The van der Waals surface area contributed by atoms with Crippen LogP contribution in [0.1, 0.15) is 44.6 Å². The number of anilines is 2. The number of fused-ring (bicyclic) bond motifs is 1. The molecular formula is C28H29BrN4O3. The second-order valence-corrected chi connectivity index (χ2v) is 10.3. The molecule has 3 aromatic rings. The number of aliphatic imine (C=N–C) groups is 1. The van der Waals surface area contributed by atoms with Gasteiger partial charge in [-0.2, -0.15) is 0 Å². The standard InChI is InChI=1S/C28H29BrN4O3/c1-2-36-27(35)22(33-24-23(29)25(34)28(24)12-4-3-5-13-28)16-18-6-8-20(9-7-18)32-26-21-17-30-14-10-19(21)11-15-31-26/h6-11,14-15,17,22-23H,2-5,12-13,16H2,1H3,(H,31,32)/t22-,23?/m0/s1. The van der Waals surface area contributed by atoms with Gasteiger partial charge in [0.1, 0.15) is 10.6 Å². The maximum Gasteiger partial charge on any atom is 0.331 e. The predicted octanol–water partition coefficient (Wildman–Crippen LogP) is 5.59. The molecule has 0 amide bonds. The van der Waals surface area contributed by atoms with Crippen molar-refractivity contribution in [1.82, 2.24) is 9.97 Å². The van der Waals surface area contributed by atoms with Crippen molar-refractivity contribution in [3.05, 3.63) is 60.6 Å². The Bertz CT molecular complexity index is 1300. The lowest BCUT2D eigenvalue weighted by Crippen LogP contribution is -2.61. The number of pyridine rings is 2. The number of nitrogens with zero attached hydrogens (tertiary/aromatic N) is 3. The maximum atomic E-state index is 12.9. The zero-order valence-corrected chi connectivity index (χ0v) is 21.8. The number of benzene rings is 1. The molecule has 0 bridgehead atoms. The minimum atomic E-state index is -0.684. The number of rotatable bonds is 7. The van der Waals surface area contributed by atoms with Crippen molar-refractivity contribution in [1.29, 1.82) is 0 Å². The summed E-state index contributed by atoms with van der Waals surface area (Å²) in [6, 6.07) is 11.1. The molecule has 1 spiro atoms. The number of hydrogen-bond donors (Lipinski definition) is 1. The molecule has 2 saturated carbocycles. The van der Waals surface area contributed by atoms with Crippen LogP contribution in [0.15, 0.2) is 60.0 Å². The van der Waals surface area contributed by atoms with E-state index in [0.29, 0.717) is 6.42 Å². The van der Waals surface area contributed by atoms with Crippen LogP contribution in [0.25, 0.3) is 10.8 Å². The van der Waals surface area contributed by atoms with Gasteiger partial charge in [-0.3, -0.25) is 14.8 Å². The van der Waals surface area contributed by atoms with Gasteiger partial charge in [0.25, 0.3) is 0 Å². The molecule has 36 heavy (non-hydrogen) atoms. The summed E-state index contributed by atoms with van der Waals surface area (Å²) in [6.07, 6.45) is 10.5. The molecule has 0 radical (unpaired) electrons. The molecule has 2 atom stereocenters. The average molecular weight is 549 g/mol. The number of nitrogens with one attached hydrogen (secondary N) is 1. The van der Waals surface area contributed by atoms with Crippen molar-refractivity contribution in [3.63, 3.8) is 0 Å². The van der Waals surface area contributed by atoms with Gasteiger partial charge in [-0.05, 0) is 55.0 Å². The van der Waals surface area contributed by atoms with Gasteiger partial charge in [0, 0.05) is 41.8 Å². The molecule has 2 aliphatic carbocycles. The number of hydrogen-bond acceptors (Lipinski definition) is 7. The quantitative estimate of drug-likeness (QED) is 0.305. The van der Waals surface area contributed by atoms with Gasteiger partial charge >= 0.3 is 5.97 Å². The highest BCUT2D eigenvalue weighted by Gasteiger charge is 2.58. The van der Waals surface area contributed by atoms with Crippen LogP contribution in [0.5, 0.6) is 0 Å². The minimum absolute atomic E-state index is 0.205. The van der Waals surface area contributed by atoms with Crippen LogP contribution in [-0.2, 0) is 20.7 Å². The Kier molecular flexibility index (Phi) is 7.14. The molecule has 1 N–H and O–H groups in total. The third-order valence-electron chi connectivity index (χ3n) is 7.21. The molecule has 2 fully saturated rings. The summed E-state index contributed by atoms with van der Waals surface area (Å²) in [4.78, 5) is 38.8. The number of Topliss-reactive ketones (excluding diaryl/α,β-unsaturated/α-hetero) is 1. The third kappa shape index (κ3) is 4.66. The first-order chi connectivity index (χ1) is 17.5. The number of aromatic nitrogens is 2. The number of carbonyl (C=O) groups excluding carboxylic acids is 2. The van der Waals surface area contributed by atoms with Gasteiger partial charge < -0.3 is 10.1 Å². The molecule has 5 rings (SSSR count). The van der Waals surface area contributed by atoms with Crippen LogP contribution in [0.3, 0.4) is 0 Å². The van der Waals surface area contributed by atoms with E-state index in [-0.39, 0.29) is 18.4 Å². The first kappa shape index (κ1) is 24.6. The van der Waals surface area contributed by atoms with Crippen molar-refractivity contribution >= 4 is 55.7 Å². The number of halogens is 1. The summed E-state index contributed by atoms with van der Waals surface area (Å²) in [5, 5.41) is 5.36. The second-order valence-electron chi connectivity index (χ2n) is 9.43. The number of ketones is 1. The summed E-state index contributed by atoms with van der Waals surface area (Å²) < 4.78 is 5.35. The Balaban J connectivity index is 1.36. The van der Waals surface area contributed by atoms with Gasteiger partial charge in [0.2, 0.25) is 0 Å². The van der Waals surface area contributed by atoms with E-state index in [1.165, 1.54) is 0 Å². The van der Waals surface area contributed by atoms with Crippen LogP contribution in [-0.4, -0.2) is 44.9 Å². The van der Waals surface area contributed by atoms with Crippen LogP contribution < -0.4 is 5.32 Å². The van der Waals surface area contributed by atoms with Gasteiger partial charge in [-0.25, -0.2) is 9.78 Å². The molecule has 186 valence electrons. The summed E-state index contributed by atoms with van der Waals surface area (Å²) in [7, 11) is 0. The first-order valence-electron chi connectivity index (χ1n) is 12.5. The molecule has 7 nitrogen and oxygen atoms in total. The fourth-order valence-corrected chi connectivity index (χ4v) is 6.28. The Morgan fingerprint density at radius 3 is 2.67 bits per heavy atom. The van der Waals surface area contributed by atoms with Gasteiger partial charge in [0.15, 0.2) is 11.8 Å². The monoisotopic (exact) mass is 548 g/mol. The zero-order valence-electron chi connectivity index (χ0n) is 20.2. The molecule has 0 saturated heterocycles. The summed E-state index contributed by atoms with van der Waals surface area (Å²) >= 11 is 3.51. The van der Waals surface area contributed by atoms with Crippen LogP contribution in [0, 0.1) is 5.41 Å².